The monoisotopic (exact) mass is 226 g/mol. The highest BCUT2D eigenvalue weighted by molar-refractivity contribution is 4.65. The van der Waals surface area contributed by atoms with Gasteiger partial charge in [-0.15, -0.1) is 6.58 Å². The van der Waals surface area contributed by atoms with Crippen LogP contribution in [0.15, 0.2) is 12.7 Å². The van der Waals surface area contributed by atoms with E-state index < -0.39 is 0 Å². The summed E-state index contributed by atoms with van der Waals surface area (Å²) in [6.45, 7) is 11.7. The van der Waals surface area contributed by atoms with Gasteiger partial charge in [0.05, 0.1) is 0 Å². The zero-order chi connectivity index (χ0) is 12.2. The number of hydrogen-bond acceptors (Lipinski definition) is 2. The Balaban J connectivity index is 3.06. The van der Waals surface area contributed by atoms with Crippen molar-refractivity contribution in [3.63, 3.8) is 0 Å². The van der Waals surface area contributed by atoms with E-state index in [-0.39, 0.29) is 0 Å². The van der Waals surface area contributed by atoms with Gasteiger partial charge in [0.15, 0.2) is 0 Å². The summed E-state index contributed by atoms with van der Waals surface area (Å²) in [6, 6.07) is 0.666. The molecule has 16 heavy (non-hydrogen) atoms. The lowest BCUT2D eigenvalue weighted by Gasteiger charge is -2.20. The summed E-state index contributed by atoms with van der Waals surface area (Å²) in [5, 5.41) is 3.50. The molecule has 0 saturated carbocycles. The van der Waals surface area contributed by atoms with Gasteiger partial charge in [0.2, 0.25) is 0 Å². The summed E-state index contributed by atoms with van der Waals surface area (Å²) >= 11 is 0. The molecular formula is C14H30N2. The Hall–Kier alpha value is -0.340. The highest BCUT2D eigenvalue weighted by Crippen LogP contribution is 1.99. The van der Waals surface area contributed by atoms with Gasteiger partial charge in [-0.2, -0.15) is 0 Å². The highest BCUT2D eigenvalue weighted by atomic mass is 15.1. The summed E-state index contributed by atoms with van der Waals surface area (Å²) in [6.07, 6.45) is 8.34. The van der Waals surface area contributed by atoms with Crippen LogP contribution in [0.5, 0.6) is 0 Å². The third-order valence-electron chi connectivity index (χ3n) is 3.01. The standard InChI is InChI=1S/C14H30N2/c1-5-6-7-8-9-11-15-12-10-13-16(4)14(2)3/h5,14-15H,1,6-13H2,2-4H3. The first-order chi connectivity index (χ1) is 7.68. The zero-order valence-electron chi connectivity index (χ0n) is 11.5. The van der Waals surface area contributed by atoms with E-state index in [1.165, 1.54) is 45.2 Å². The lowest BCUT2D eigenvalue weighted by atomic mass is 10.2. The average molecular weight is 226 g/mol. The topological polar surface area (TPSA) is 15.3 Å². The van der Waals surface area contributed by atoms with Crippen molar-refractivity contribution >= 4 is 0 Å². The number of nitrogens with zero attached hydrogens (tertiary/aromatic N) is 1. The lowest BCUT2D eigenvalue weighted by Crippen LogP contribution is -2.29. The number of rotatable bonds is 11. The third-order valence-corrected chi connectivity index (χ3v) is 3.01. The van der Waals surface area contributed by atoms with Crippen LogP contribution in [0.1, 0.15) is 46.0 Å². The number of unbranched alkanes of at least 4 members (excludes halogenated alkanes) is 3. The predicted octanol–water partition coefficient (Wildman–Crippen LogP) is 3.05. The Morgan fingerprint density at radius 1 is 1.12 bits per heavy atom. The summed E-state index contributed by atoms with van der Waals surface area (Å²) in [5.74, 6) is 0. The molecule has 0 aliphatic heterocycles. The first-order valence-electron chi connectivity index (χ1n) is 6.70. The van der Waals surface area contributed by atoms with Gasteiger partial charge in [0.25, 0.3) is 0 Å². The quantitative estimate of drug-likeness (QED) is 0.430. The molecular weight excluding hydrogens is 196 g/mol. The summed E-state index contributed by atoms with van der Waals surface area (Å²) in [7, 11) is 2.19. The maximum atomic E-state index is 3.73. The first kappa shape index (κ1) is 15.7. The van der Waals surface area contributed by atoms with Crippen LogP contribution in [-0.4, -0.2) is 37.6 Å². The molecule has 0 aromatic heterocycles. The molecule has 0 unspecified atom stereocenters. The SMILES string of the molecule is C=CCCCCCNCCCN(C)C(C)C. The van der Waals surface area contributed by atoms with Gasteiger partial charge in [0, 0.05) is 6.04 Å². The molecule has 0 saturated heterocycles. The van der Waals surface area contributed by atoms with Gasteiger partial charge in [0.1, 0.15) is 0 Å². The van der Waals surface area contributed by atoms with Crippen LogP contribution in [-0.2, 0) is 0 Å². The molecule has 0 aliphatic carbocycles. The highest BCUT2D eigenvalue weighted by Gasteiger charge is 2.01. The van der Waals surface area contributed by atoms with Crippen molar-refractivity contribution in [2.24, 2.45) is 0 Å². The van der Waals surface area contributed by atoms with Crippen molar-refractivity contribution in [2.45, 2.75) is 52.0 Å². The Labute approximate surface area is 102 Å². The van der Waals surface area contributed by atoms with Crippen molar-refractivity contribution in [3.05, 3.63) is 12.7 Å². The van der Waals surface area contributed by atoms with Crippen molar-refractivity contribution in [1.82, 2.24) is 10.2 Å². The lowest BCUT2D eigenvalue weighted by molar-refractivity contribution is 0.269. The fourth-order valence-corrected chi connectivity index (χ4v) is 1.55. The minimum Gasteiger partial charge on any atom is -0.317 e. The molecule has 2 heteroatoms. The van der Waals surface area contributed by atoms with Crippen molar-refractivity contribution in [3.8, 4) is 0 Å². The van der Waals surface area contributed by atoms with Crippen LogP contribution < -0.4 is 5.32 Å². The summed E-state index contributed by atoms with van der Waals surface area (Å²) in [5.41, 5.74) is 0. The molecule has 0 radical (unpaired) electrons. The van der Waals surface area contributed by atoms with Gasteiger partial charge in [-0.25, -0.2) is 0 Å². The minimum absolute atomic E-state index is 0.666. The molecule has 0 atom stereocenters. The maximum absolute atomic E-state index is 3.73. The van der Waals surface area contributed by atoms with Crippen LogP contribution in [0.25, 0.3) is 0 Å². The molecule has 0 amide bonds. The minimum atomic E-state index is 0.666. The normalized spacial score (nSPS) is 11.3. The molecule has 0 bridgehead atoms. The Kier molecular flexibility index (Phi) is 10.9. The molecule has 96 valence electrons. The van der Waals surface area contributed by atoms with Crippen molar-refractivity contribution in [2.75, 3.05) is 26.7 Å². The maximum Gasteiger partial charge on any atom is 0.00355 e. The van der Waals surface area contributed by atoms with E-state index in [9.17, 15) is 0 Å². The molecule has 2 nitrogen and oxygen atoms in total. The second-order valence-electron chi connectivity index (χ2n) is 4.82. The zero-order valence-corrected chi connectivity index (χ0v) is 11.5. The molecule has 1 N–H and O–H groups in total. The van der Waals surface area contributed by atoms with Crippen LogP contribution in [0.4, 0.5) is 0 Å². The van der Waals surface area contributed by atoms with Crippen LogP contribution in [0.2, 0.25) is 0 Å². The second-order valence-corrected chi connectivity index (χ2v) is 4.82. The van der Waals surface area contributed by atoms with Crippen molar-refractivity contribution in [1.29, 1.82) is 0 Å². The number of nitrogens with one attached hydrogen (secondary N) is 1. The van der Waals surface area contributed by atoms with Gasteiger partial charge in [-0.05, 0) is 66.2 Å². The Bertz CT molecular complexity index is 155. The molecule has 0 fully saturated rings. The third kappa shape index (κ3) is 10.2. The Morgan fingerprint density at radius 3 is 2.44 bits per heavy atom. The van der Waals surface area contributed by atoms with Gasteiger partial charge >= 0.3 is 0 Å². The Morgan fingerprint density at radius 2 is 1.81 bits per heavy atom. The summed E-state index contributed by atoms with van der Waals surface area (Å²) < 4.78 is 0. The molecule has 0 aromatic rings. The second kappa shape index (κ2) is 11.2. The van der Waals surface area contributed by atoms with Crippen molar-refractivity contribution < 1.29 is 0 Å². The fraction of sp³-hybridized carbons (Fsp3) is 0.857. The van der Waals surface area contributed by atoms with Crippen LogP contribution in [0.3, 0.4) is 0 Å². The number of hydrogen-bond donors (Lipinski definition) is 1. The van der Waals surface area contributed by atoms with E-state index in [1.807, 2.05) is 6.08 Å². The molecule has 0 rings (SSSR count). The largest absolute Gasteiger partial charge is 0.317 e. The van der Waals surface area contributed by atoms with Crippen LogP contribution >= 0.6 is 0 Å². The van der Waals surface area contributed by atoms with Gasteiger partial charge < -0.3 is 10.2 Å². The first-order valence-corrected chi connectivity index (χ1v) is 6.70. The molecule has 0 aliphatic rings. The number of allylic oxidation sites excluding steroid dienone is 1. The van der Waals surface area contributed by atoms with E-state index in [0.29, 0.717) is 6.04 Å². The van der Waals surface area contributed by atoms with E-state index in [0.717, 1.165) is 6.54 Å². The van der Waals surface area contributed by atoms with Gasteiger partial charge in [-0.1, -0.05) is 12.5 Å². The molecule has 0 spiro atoms. The van der Waals surface area contributed by atoms with E-state index in [4.69, 9.17) is 0 Å². The smallest absolute Gasteiger partial charge is 0.00355 e. The molecule has 0 aromatic carbocycles. The summed E-state index contributed by atoms with van der Waals surface area (Å²) in [4.78, 5) is 2.39. The van der Waals surface area contributed by atoms with E-state index in [2.05, 4.69) is 37.7 Å². The van der Waals surface area contributed by atoms with E-state index >= 15 is 0 Å². The van der Waals surface area contributed by atoms with E-state index in [1.54, 1.807) is 0 Å². The fourth-order valence-electron chi connectivity index (χ4n) is 1.55. The van der Waals surface area contributed by atoms with Crippen LogP contribution in [0, 0.1) is 0 Å². The van der Waals surface area contributed by atoms with Gasteiger partial charge in [-0.3, -0.25) is 0 Å². The average Bonchev–Trinajstić information content (AvgIpc) is 2.26. The predicted molar refractivity (Wildman–Crippen MR) is 73.9 cm³/mol. The molecule has 0 heterocycles.